The van der Waals surface area contributed by atoms with E-state index < -0.39 is 23.2 Å². The summed E-state index contributed by atoms with van der Waals surface area (Å²) in [6.45, 7) is 0. The molecule has 0 aromatic carbocycles. The van der Waals surface area contributed by atoms with Gasteiger partial charge in [0.1, 0.15) is 0 Å². The van der Waals surface area contributed by atoms with Crippen molar-refractivity contribution in [2.24, 2.45) is 0 Å². The van der Waals surface area contributed by atoms with E-state index in [1.165, 1.54) is 0 Å². The van der Waals surface area contributed by atoms with Crippen molar-refractivity contribution in [1.29, 1.82) is 0 Å². The van der Waals surface area contributed by atoms with Crippen LogP contribution < -0.4 is 0 Å². The lowest BCUT2D eigenvalue weighted by atomic mass is 10.7. The summed E-state index contributed by atoms with van der Waals surface area (Å²) in [5.74, 6) is 0. The third-order valence-corrected chi connectivity index (χ3v) is 2.01. The standard InChI is InChI=1S/C4H2BrF5S/c5-1-2-11-4(9,10)3(6,7)8/h1-2H. The molecular weight excluding hydrogens is 255 g/mol. The summed E-state index contributed by atoms with van der Waals surface area (Å²) in [5.41, 5.74) is 0. The van der Waals surface area contributed by atoms with Crippen molar-refractivity contribution in [1.82, 2.24) is 0 Å². The summed E-state index contributed by atoms with van der Waals surface area (Å²) < 4.78 is 57.8. The highest BCUT2D eigenvalue weighted by molar-refractivity contribution is 9.11. The minimum absolute atomic E-state index is 0.600. The van der Waals surface area contributed by atoms with Gasteiger partial charge in [0.2, 0.25) is 0 Å². The highest BCUT2D eigenvalue weighted by atomic mass is 79.9. The van der Waals surface area contributed by atoms with Crippen LogP contribution in [-0.2, 0) is 0 Å². The Kier molecular flexibility index (Phi) is 3.83. The van der Waals surface area contributed by atoms with Gasteiger partial charge in [-0.1, -0.05) is 15.9 Å². The third kappa shape index (κ3) is 3.42. The van der Waals surface area contributed by atoms with Crippen molar-refractivity contribution in [2.45, 2.75) is 11.4 Å². The lowest BCUT2D eigenvalue weighted by Crippen LogP contribution is -2.32. The van der Waals surface area contributed by atoms with Crippen LogP contribution in [0.1, 0.15) is 0 Å². The number of halogens is 6. The van der Waals surface area contributed by atoms with E-state index in [2.05, 4.69) is 15.9 Å². The minimum Gasteiger partial charge on any atom is -0.183 e. The second-order valence-corrected chi connectivity index (χ2v) is 2.94. The Bertz CT molecular complexity index is 151. The highest BCUT2D eigenvalue weighted by Crippen LogP contribution is 2.44. The molecule has 7 heteroatoms. The predicted molar refractivity (Wildman–Crippen MR) is 36.7 cm³/mol. The van der Waals surface area contributed by atoms with Gasteiger partial charge in [-0.25, -0.2) is 0 Å². The largest absolute Gasteiger partial charge is 0.464 e. The van der Waals surface area contributed by atoms with Crippen molar-refractivity contribution < 1.29 is 22.0 Å². The average Bonchev–Trinajstić information content (AvgIpc) is 1.81. The monoisotopic (exact) mass is 256 g/mol. The molecule has 0 fully saturated rings. The van der Waals surface area contributed by atoms with Gasteiger partial charge in [0.25, 0.3) is 0 Å². The van der Waals surface area contributed by atoms with E-state index in [0.717, 1.165) is 4.99 Å². The fourth-order valence-corrected chi connectivity index (χ4v) is 0.858. The molecule has 66 valence electrons. The zero-order valence-electron chi connectivity index (χ0n) is 4.83. The van der Waals surface area contributed by atoms with Crippen LogP contribution in [0.25, 0.3) is 0 Å². The second kappa shape index (κ2) is 3.75. The van der Waals surface area contributed by atoms with Gasteiger partial charge in [-0.15, -0.1) is 0 Å². The summed E-state index contributed by atoms with van der Waals surface area (Å²) in [5, 5.41) is -4.09. The van der Waals surface area contributed by atoms with Gasteiger partial charge in [0, 0.05) is 0 Å². The zero-order valence-corrected chi connectivity index (χ0v) is 7.23. The first-order valence-corrected chi connectivity index (χ1v) is 3.98. The Balaban J connectivity index is 4.22. The summed E-state index contributed by atoms with van der Waals surface area (Å²) in [6.07, 6.45) is -5.50. The Labute approximate surface area is 72.0 Å². The number of rotatable bonds is 2. The highest BCUT2D eigenvalue weighted by Gasteiger charge is 2.57. The van der Waals surface area contributed by atoms with Gasteiger partial charge in [0.15, 0.2) is 0 Å². The van der Waals surface area contributed by atoms with Crippen molar-refractivity contribution in [2.75, 3.05) is 0 Å². The van der Waals surface area contributed by atoms with Crippen molar-refractivity contribution in [3.8, 4) is 0 Å². The predicted octanol–water partition coefficient (Wildman–Crippen LogP) is 3.74. The van der Waals surface area contributed by atoms with Crippen LogP contribution >= 0.6 is 27.7 Å². The minimum atomic E-state index is -5.50. The van der Waals surface area contributed by atoms with Crippen LogP contribution in [0.4, 0.5) is 22.0 Å². The fraction of sp³-hybridized carbons (Fsp3) is 0.500. The number of thioether (sulfide) groups is 1. The van der Waals surface area contributed by atoms with Gasteiger partial charge < -0.3 is 0 Å². The maximum atomic E-state index is 11.9. The molecule has 0 amide bonds. The number of hydrogen-bond donors (Lipinski definition) is 0. The molecule has 0 bridgehead atoms. The van der Waals surface area contributed by atoms with Gasteiger partial charge in [-0.3, -0.25) is 0 Å². The van der Waals surface area contributed by atoms with Crippen molar-refractivity contribution >= 4 is 27.7 Å². The molecule has 0 heterocycles. The molecule has 0 saturated heterocycles. The Hall–Kier alpha value is 0.220. The second-order valence-electron chi connectivity index (χ2n) is 1.39. The lowest BCUT2D eigenvalue weighted by molar-refractivity contribution is -0.237. The van der Waals surface area contributed by atoms with Crippen LogP contribution in [0.15, 0.2) is 10.4 Å². The molecule has 0 spiro atoms. The van der Waals surface area contributed by atoms with E-state index >= 15 is 0 Å². The van der Waals surface area contributed by atoms with Crippen LogP contribution in [0, 0.1) is 0 Å². The summed E-state index contributed by atoms with van der Waals surface area (Å²) in [6, 6.07) is 0. The van der Waals surface area contributed by atoms with Crippen LogP contribution in [0.3, 0.4) is 0 Å². The quantitative estimate of drug-likeness (QED) is 0.679. The van der Waals surface area contributed by atoms with E-state index in [-0.39, 0.29) is 0 Å². The third-order valence-electron chi connectivity index (χ3n) is 0.598. The van der Waals surface area contributed by atoms with Crippen LogP contribution in [0.5, 0.6) is 0 Å². The molecule has 0 aliphatic carbocycles. The maximum absolute atomic E-state index is 11.9. The van der Waals surface area contributed by atoms with E-state index in [4.69, 9.17) is 0 Å². The summed E-state index contributed by atoms with van der Waals surface area (Å²) in [7, 11) is 0. The van der Waals surface area contributed by atoms with E-state index in [1.54, 1.807) is 0 Å². The zero-order chi connectivity index (χ0) is 9.12. The van der Waals surface area contributed by atoms with E-state index in [1.807, 2.05) is 0 Å². The molecule has 0 radical (unpaired) electrons. The molecule has 0 aromatic heterocycles. The number of hydrogen-bond acceptors (Lipinski definition) is 1. The normalized spacial score (nSPS) is 14.4. The molecule has 0 rings (SSSR count). The molecule has 0 unspecified atom stereocenters. The first-order valence-electron chi connectivity index (χ1n) is 2.19. The first kappa shape index (κ1) is 11.2. The molecule has 11 heavy (non-hydrogen) atoms. The SMILES string of the molecule is FC(F)(F)C(F)(F)SC=CBr. The summed E-state index contributed by atoms with van der Waals surface area (Å²) in [4.78, 5) is 0.928. The smallest absolute Gasteiger partial charge is 0.183 e. The van der Waals surface area contributed by atoms with Gasteiger partial charge >= 0.3 is 11.4 Å². The molecule has 0 atom stereocenters. The van der Waals surface area contributed by atoms with Gasteiger partial charge in [-0.2, -0.15) is 22.0 Å². The first-order chi connectivity index (χ1) is 4.81. The van der Waals surface area contributed by atoms with Crippen LogP contribution in [0.2, 0.25) is 0 Å². The fourth-order valence-electron chi connectivity index (χ4n) is 0.178. The number of alkyl halides is 5. The van der Waals surface area contributed by atoms with Gasteiger partial charge in [0.05, 0.1) is 0 Å². The molecule has 0 nitrogen and oxygen atoms in total. The Morgan fingerprint density at radius 2 is 1.55 bits per heavy atom. The molecule has 0 aliphatic heterocycles. The summed E-state index contributed by atoms with van der Waals surface area (Å²) >= 11 is 1.97. The van der Waals surface area contributed by atoms with E-state index in [9.17, 15) is 22.0 Å². The van der Waals surface area contributed by atoms with Crippen molar-refractivity contribution in [3.63, 3.8) is 0 Å². The van der Waals surface area contributed by atoms with Gasteiger partial charge in [-0.05, 0) is 22.2 Å². The van der Waals surface area contributed by atoms with E-state index in [0.29, 0.717) is 5.41 Å². The molecule has 0 saturated carbocycles. The molecule has 0 aromatic rings. The van der Waals surface area contributed by atoms with Crippen LogP contribution in [-0.4, -0.2) is 11.4 Å². The molecule has 0 aliphatic rings. The Morgan fingerprint density at radius 1 is 1.09 bits per heavy atom. The molecular formula is C4H2BrF5S. The topological polar surface area (TPSA) is 0 Å². The maximum Gasteiger partial charge on any atom is 0.464 e. The molecule has 0 N–H and O–H groups in total. The Morgan fingerprint density at radius 3 is 1.82 bits per heavy atom. The average molecular weight is 257 g/mol. The lowest BCUT2D eigenvalue weighted by Gasteiger charge is -2.16. The van der Waals surface area contributed by atoms with Crippen molar-refractivity contribution in [3.05, 3.63) is 10.4 Å².